The van der Waals surface area contributed by atoms with Gasteiger partial charge in [0, 0.05) is 43.1 Å². The molecule has 6 heteroatoms. The fourth-order valence-corrected chi connectivity index (χ4v) is 2.98. The second-order valence-electron chi connectivity index (χ2n) is 5.88. The molecular weight excluding hydrogens is 320 g/mol. The zero-order chi connectivity index (χ0) is 17.5. The number of aliphatic hydroxyl groups is 1. The molecule has 0 aliphatic rings. The van der Waals surface area contributed by atoms with Gasteiger partial charge in [0.2, 0.25) is 0 Å². The molecule has 0 aliphatic heterocycles. The molecule has 0 bridgehead atoms. The molecule has 2 rings (SSSR count). The molecule has 2 aromatic rings. The summed E-state index contributed by atoms with van der Waals surface area (Å²) in [6, 6.07) is 10.1. The fourth-order valence-electron chi connectivity index (χ4n) is 2.12. The van der Waals surface area contributed by atoms with Gasteiger partial charge < -0.3 is 10.0 Å². The summed E-state index contributed by atoms with van der Waals surface area (Å²) in [5.41, 5.74) is 4.06. The molecule has 1 aromatic heterocycles. The Morgan fingerprint density at radius 1 is 1.17 bits per heavy atom. The topological polar surface area (TPSA) is 61.6 Å². The summed E-state index contributed by atoms with van der Waals surface area (Å²) in [7, 11) is 4.02. The lowest BCUT2D eigenvalue weighted by Gasteiger charge is -2.11. The van der Waals surface area contributed by atoms with Crippen molar-refractivity contribution in [2.24, 2.45) is 4.99 Å². The molecule has 5 nitrogen and oxygen atoms in total. The Kier molecular flexibility index (Phi) is 6.75. The molecular formula is C18H24N4OS. The van der Waals surface area contributed by atoms with E-state index in [0.717, 1.165) is 22.6 Å². The third kappa shape index (κ3) is 5.94. The summed E-state index contributed by atoms with van der Waals surface area (Å²) in [5.74, 6) is 0.528. The van der Waals surface area contributed by atoms with Crippen LogP contribution in [0.3, 0.4) is 0 Å². The highest BCUT2D eigenvalue weighted by atomic mass is 32.2. The summed E-state index contributed by atoms with van der Waals surface area (Å²) < 4.78 is 0. The maximum absolute atomic E-state index is 10.0. The summed E-state index contributed by atoms with van der Waals surface area (Å²) in [4.78, 5) is 15.1. The highest BCUT2D eigenvalue weighted by molar-refractivity contribution is 7.99. The Morgan fingerprint density at radius 3 is 2.38 bits per heavy atom. The van der Waals surface area contributed by atoms with Crippen LogP contribution in [0.4, 0.5) is 5.69 Å². The predicted molar refractivity (Wildman–Crippen MR) is 101 cm³/mol. The first-order chi connectivity index (χ1) is 11.4. The van der Waals surface area contributed by atoms with Gasteiger partial charge in [-0.2, -0.15) is 0 Å². The van der Waals surface area contributed by atoms with Crippen LogP contribution in [0.5, 0.6) is 0 Å². The van der Waals surface area contributed by atoms with E-state index in [9.17, 15) is 5.11 Å². The number of nitrogens with zero attached hydrogens (tertiary/aromatic N) is 4. The second kappa shape index (κ2) is 8.80. The van der Waals surface area contributed by atoms with Crippen molar-refractivity contribution in [3.63, 3.8) is 0 Å². The molecule has 0 saturated carbocycles. The molecule has 1 atom stereocenters. The molecule has 1 heterocycles. The monoisotopic (exact) mass is 344 g/mol. The first-order valence-corrected chi connectivity index (χ1v) is 8.83. The quantitative estimate of drug-likeness (QED) is 0.475. The smallest absolute Gasteiger partial charge is 0.188 e. The maximum Gasteiger partial charge on any atom is 0.188 e. The Balaban J connectivity index is 1.80. The normalized spacial score (nSPS) is 12.5. The van der Waals surface area contributed by atoms with E-state index in [1.807, 2.05) is 58.3 Å². The van der Waals surface area contributed by atoms with Gasteiger partial charge in [-0.1, -0.05) is 23.9 Å². The SMILES string of the molecule is Cc1cc(C)nc(SC[C@@H](O)CN=Cc2ccc(N(C)C)cc2)n1. The van der Waals surface area contributed by atoms with E-state index in [-0.39, 0.29) is 0 Å². The summed E-state index contributed by atoms with van der Waals surface area (Å²) in [5, 5.41) is 10.8. The molecule has 0 spiro atoms. The van der Waals surface area contributed by atoms with E-state index in [1.165, 1.54) is 11.8 Å². The standard InChI is InChI=1S/C18H24N4OS/c1-13-9-14(2)21-18(20-13)24-12-17(23)11-19-10-15-5-7-16(8-6-15)22(3)4/h5-10,17,23H,11-12H2,1-4H3/t17-/m0/s1. The van der Waals surface area contributed by atoms with Gasteiger partial charge in [0.15, 0.2) is 5.16 Å². The van der Waals surface area contributed by atoms with Crippen molar-refractivity contribution >= 4 is 23.7 Å². The molecule has 1 N–H and O–H groups in total. The van der Waals surface area contributed by atoms with Crippen LogP contribution in [0.25, 0.3) is 0 Å². The average molecular weight is 344 g/mol. The van der Waals surface area contributed by atoms with Crippen LogP contribution >= 0.6 is 11.8 Å². The van der Waals surface area contributed by atoms with Crippen molar-refractivity contribution in [2.45, 2.75) is 25.1 Å². The minimum atomic E-state index is -0.517. The minimum absolute atomic E-state index is 0.368. The van der Waals surface area contributed by atoms with E-state index >= 15 is 0 Å². The fraction of sp³-hybridized carbons (Fsp3) is 0.389. The van der Waals surface area contributed by atoms with Crippen LogP contribution in [-0.2, 0) is 0 Å². The van der Waals surface area contributed by atoms with Crippen LogP contribution in [0.2, 0.25) is 0 Å². The van der Waals surface area contributed by atoms with E-state index in [1.54, 1.807) is 6.21 Å². The number of benzene rings is 1. The first-order valence-electron chi connectivity index (χ1n) is 7.84. The number of rotatable bonds is 7. The molecule has 128 valence electrons. The number of hydrogen-bond acceptors (Lipinski definition) is 6. The highest BCUT2D eigenvalue weighted by Gasteiger charge is 2.06. The van der Waals surface area contributed by atoms with Crippen molar-refractivity contribution in [3.05, 3.63) is 47.3 Å². The summed E-state index contributed by atoms with van der Waals surface area (Å²) in [6.45, 7) is 4.26. The van der Waals surface area contributed by atoms with Gasteiger partial charge in [-0.15, -0.1) is 0 Å². The van der Waals surface area contributed by atoms with Gasteiger partial charge in [-0.3, -0.25) is 4.99 Å². The Hall–Kier alpha value is -1.92. The van der Waals surface area contributed by atoms with Crippen molar-refractivity contribution in [1.82, 2.24) is 9.97 Å². The lowest BCUT2D eigenvalue weighted by molar-refractivity contribution is 0.208. The molecule has 24 heavy (non-hydrogen) atoms. The Labute approximate surface area is 147 Å². The predicted octanol–water partition coefficient (Wildman–Crippen LogP) is 2.73. The number of aliphatic hydroxyl groups excluding tert-OH is 1. The molecule has 0 amide bonds. The molecule has 0 fully saturated rings. The maximum atomic E-state index is 10.0. The van der Waals surface area contributed by atoms with Crippen LogP contribution in [-0.4, -0.2) is 53.8 Å². The third-order valence-corrected chi connectivity index (χ3v) is 4.32. The molecule has 0 saturated heterocycles. The van der Waals surface area contributed by atoms with Crippen molar-refractivity contribution in [2.75, 3.05) is 31.3 Å². The van der Waals surface area contributed by atoms with Gasteiger partial charge in [-0.25, -0.2) is 9.97 Å². The van der Waals surface area contributed by atoms with Gasteiger partial charge >= 0.3 is 0 Å². The molecule has 0 aliphatic carbocycles. The lowest BCUT2D eigenvalue weighted by atomic mass is 10.2. The van der Waals surface area contributed by atoms with Crippen molar-refractivity contribution < 1.29 is 5.11 Å². The summed E-state index contributed by atoms with van der Waals surface area (Å²) >= 11 is 1.46. The Bertz CT molecular complexity index is 666. The van der Waals surface area contributed by atoms with Crippen LogP contribution in [0, 0.1) is 13.8 Å². The van der Waals surface area contributed by atoms with Crippen LogP contribution in [0.15, 0.2) is 40.5 Å². The number of aryl methyl sites for hydroxylation is 2. The number of hydrogen-bond donors (Lipinski definition) is 1. The number of aliphatic imine (C=N–C) groups is 1. The van der Waals surface area contributed by atoms with Crippen molar-refractivity contribution in [3.8, 4) is 0 Å². The van der Waals surface area contributed by atoms with Gasteiger partial charge in [-0.05, 0) is 37.6 Å². The number of anilines is 1. The zero-order valence-corrected chi connectivity index (χ0v) is 15.4. The summed E-state index contributed by atoms with van der Waals surface area (Å²) in [6.07, 6.45) is 1.28. The number of thioether (sulfide) groups is 1. The van der Waals surface area contributed by atoms with E-state index in [0.29, 0.717) is 17.5 Å². The largest absolute Gasteiger partial charge is 0.390 e. The Morgan fingerprint density at radius 2 is 1.79 bits per heavy atom. The number of aromatic nitrogens is 2. The molecule has 0 radical (unpaired) electrons. The van der Waals surface area contributed by atoms with Crippen molar-refractivity contribution in [1.29, 1.82) is 0 Å². The van der Waals surface area contributed by atoms with Crippen LogP contribution in [0.1, 0.15) is 17.0 Å². The molecule has 1 aromatic carbocycles. The van der Waals surface area contributed by atoms with Gasteiger partial charge in [0.1, 0.15) is 0 Å². The second-order valence-corrected chi connectivity index (χ2v) is 6.87. The van der Waals surface area contributed by atoms with Gasteiger partial charge in [0.05, 0.1) is 12.6 Å². The van der Waals surface area contributed by atoms with E-state index in [2.05, 4.69) is 19.9 Å². The minimum Gasteiger partial charge on any atom is -0.390 e. The van der Waals surface area contributed by atoms with Crippen LogP contribution < -0.4 is 4.90 Å². The average Bonchev–Trinajstić information content (AvgIpc) is 2.52. The van der Waals surface area contributed by atoms with E-state index in [4.69, 9.17) is 0 Å². The lowest BCUT2D eigenvalue weighted by Crippen LogP contribution is -2.14. The third-order valence-electron chi connectivity index (χ3n) is 3.33. The highest BCUT2D eigenvalue weighted by Crippen LogP contribution is 2.15. The first kappa shape index (κ1) is 18.4. The molecule has 0 unspecified atom stereocenters. The van der Waals surface area contributed by atoms with E-state index < -0.39 is 6.10 Å². The van der Waals surface area contributed by atoms with Gasteiger partial charge in [0.25, 0.3) is 0 Å². The zero-order valence-electron chi connectivity index (χ0n) is 14.6.